The van der Waals surface area contributed by atoms with Gasteiger partial charge in [0.05, 0.1) is 6.61 Å². The Morgan fingerprint density at radius 2 is 2.25 bits per heavy atom. The highest BCUT2D eigenvalue weighted by Crippen LogP contribution is 2.29. The predicted molar refractivity (Wildman–Crippen MR) is 68.1 cm³/mol. The Balaban J connectivity index is 1.80. The molecule has 16 heavy (non-hydrogen) atoms. The second-order valence-corrected chi connectivity index (χ2v) is 4.55. The zero-order chi connectivity index (χ0) is 11.2. The molecule has 0 atom stereocenters. The summed E-state index contributed by atoms with van der Waals surface area (Å²) in [5.74, 6) is 1.89. The second kappa shape index (κ2) is 5.78. The molecule has 0 bridgehead atoms. The van der Waals surface area contributed by atoms with Gasteiger partial charge in [-0.15, -0.1) is 0 Å². The SMILES string of the molecule is CCCCOc1cccc(NCC2CC2)c1. The average Bonchev–Trinajstić information content (AvgIpc) is 3.11. The topological polar surface area (TPSA) is 21.3 Å². The van der Waals surface area contributed by atoms with Crippen LogP contribution < -0.4 is 10.1 Å². The van der Waals surface area contributed by atoms with E-state index >= 15 is 0 Å². The van der Waals surface area contributed by atoms with E-state index in [0.29, 0.717) is 0 Å². The summed E-state index contributed by atoms with van der Waals surface area (Å²) in [6, 6.07) is 8.28. The lowest BCUT2D eigenvalue weighted by Crippen LogP contribution is -2.03. The molecule has 88 valence electrons. The van der Waals surface area contributed by atoms with Crippen LogP contribution in [0, 0.1) is 5.92 Å². The molecule has 2 heteroatoms. The van der Waals surface area contributed by atoms with E-state index in [1.54, 1.807) is 0 Å². The molecule has 0 amide bonds. The fourth-order valence-electron chi connectivity index (χ4n) is 1.61. The molecule has 0 saturated heterocycles. The van der Waals surface area contributed by atoms with Crippen LogP contribution >= 0.6 is 0 Å². The summed E-state index contributed by atoms with van der Waals surface area (Å²) in [4.78, 5) is 0. The van der Waals surface area contributed by atoms with Gasteiger partial charge in [-0.25, -0.2) is 0 Å². The third-order valence-corrected chi connectivity index (χ3v) is 2.89. The van der Waals surface area contributed by atoms with Crippen molar-refractivity contribution in [2.75, 3.05) is 18.5 Å². The van der Waals surface area contributed by atoms with Gasteiger partial charge < -0.3 is 10.1 Å². The summed E-state index contributed by atoms with van der Waals surface area (Å²) in [6.45, 7) is 4.11. The number of benzene rings is 1. The predicted octanol–water partition coefficient (Wildman–Crippen LogP) is 3.69. The lowest BCUT2D eigenvalue weighted by atomic mass is 10.3. The van der Waals surface area contributed by atoms with Crippen LogP contribution in [0.25, 0.3) is 0 Å². The first-order valence-electron chi connectivity index (χ1n) is 6.35. The molecule has 0 aromatic heterocycles. The molecule has 1 saturated carbocycles. The first-order chi connectivity index (χ1) is 7.88. The molecule has 1 fully saturated rings. The smallest absolute Gasteiger partial charge is 0.121 e. The normalized spacial score (nSPS) is 14.8. The minimum Gasteiger partial charge on any atom is -0.494 e. The van der Waals surface area contributed by atoms with E-state index in [0.717, 1.165) is 31.2 Å². The highest BCUT2D eigenvalue weighted by Gasteiger charge is 2.20. The summed E-state index contributed by atoms with van der Waals surface area (Å²) in [5.41, 5.74) is 1.18. The Morgan fingerprint density at radius 1 is 1.38 bits per heavy atom. The van der Waals surface area contributed by atoms with Gasteiger partial charge in [0.15, 0.2) is 0 Å². The standard InChI is InChI=1S/C14H21NO/c1-2-3-9-16-14-6-4-5-13(10-14)15-11-12-7-8-12/h4-6,10,12,15H,2-3,7-9,11H2,1H3. The minimum absolute atomic E-state index is 0.822. The Kier molecular flexibility index (Phi) is 4.09. The summed E-state index contributed by atoms with van der Waals surface area (Å²) in [7, 11) is 0. The number of rotatable bonds is 7. The van der Waals surface area contributed by atoms with Crippen LogP contribution in [0.5, 0.6) is 5.75 Å². The molecule has 1 aromatic rings. The molecule has 0 aliphatic heterocycles. The van der Waals surface area contributed by atoms with Crippen molar-refractivity contribution in [3.8, 4) is 5.75 Å². The van der Waals surface area contributed by atoms with Crippen LogP contribution in [-0.4, -0.2) is 13.2 Å². The van der Waals surface area contributed by atoms with Gasteiger partial charge in [0.2, 0.25) is 0 Å². The Hall–Kier alpha value is -1.18. The monoisotopic (exact) mass is 219 g/mol. The van der Waals surface area contributed by atoms with Crippen molar-refractivity contribution in [2.45, 2.75) is 32.6 Å². The van der Waals surface area contributed by atoms with Crippen molar-refractivity contribution in [1.82, 2.24) is 0 Å². The third-order valence-electron chi connectivity index (χ3n) is 2.89. The first-order valence-corrected chi connectivity index (χ1v) is 6.35. The highest BCUT2D eigenvalue weighted by molar-refractivity contribution is 5.48. The molecule has 0 heterocycles. The van der Waals surface area contributed by atoms with E-state index in [4.69, 9.17) is 4.74 Å². The van der Waals surface area contributed by atoms with Gasteiger partial charge >= 0.3 is 0 Å². The Labute approximate surface area is 98.0 Å². The van der Waals surface area contributed by atoms with Crippen LogP contribution in [0.2, 0.25) is 0 Å². The number of ether oxygens (including phenoxy) is 1. The summed E-state index contributed by atoms with van der Waals surface area (Å²) >= 11 is 0. The number of hydrogen-bond acceptors (Lipinski definition) is 2. The molecule has 0 radical (unpaired) electrons. The summed E-state index contributed by atoms with van der Waals surface area (Å²) in [6.07, 6.45) is 5.08. The zero-order valence-electron chi connectivity index (χ0n) is 10.0. The van der Waals surface area contributed by atoms with Crippen molar-refractivity contribution in [2.24, 2.45) is 5.92 Å². The maximum Gasteiger partial charge on any atom is 0.121 e. The zero-order valence-corrected chi connectivity index (χ0v) is 10.0. The highest BCUT2D eigenvalue weighted by atomic mass is 16.5. The number of anilines is 1. The van der Waals surface area contributed by atoms with Crippen LogP contribution in [0.1, 0.15) is 32.6 Å². The maximum absolute atomic E-state index is 5.67. The van der Waals surface area contributed by atoms with Gasteiger partial charge in [0.1, 0.15) is 5.75 Å². The number of hydrogen-bond donors (Lipinski definition) is 1. The van der Waals surface area contributed by atoms with E-state index in [2.05, 4.69) is 30.4 Å². The molecule has 1 N–H and O–H groups in total. The summed E-state index contributed by atoms with van der Waals surface area (Å²) in [5, 5.41) is 3.46. The summed E-state index contributed by atoms with van der Waals surface area (Å²) < 4.78 is 5.67. The van der Waals surface area contributed by atoms with E-state index in [-0.39, 0.29) is 0 Å². The average molecular weight is 219 g/mol. The van der Waals surface area contributed by atoms with Crippen LogP contribution in [0.3, 0.4) is 0 Å². The molecule has 2 rings (SSSR count). The van der Waals surface area contributed by atoms with E-state index < -0.39 is 0 Å². The molecular formula is C14H21NO. The van der Waals surface area contributed by atoms with Crippen molar-refractivity contribution >= 4 is 5.69 Å². The van der Waals surface area contributed by atoms with E-state index in [1.165, 1.54) is 24.9 Å². The van der Waals surface area contributed by atoms with Crippen molar-refractivity contribution < 1.29 is 4.74 Å². The fraction of sp³-hybridized carbons (Fsp3) is 0.571. The molecule has 1 aromatic carbocycles. The molecular weight excluding hydrogens is 198 g/mol. The molecule has 0 unspecified atom stereocenters. The molecule has 0 spiro atoms. The number of unbranched alkanes of at least 4 members (excludes halogenated alkanes) is 1. The van der Waals surface area contributed by atoms with Crippen LogP contribution in [0.4, 0.5) is 5.69 Å². The fourth-order valence-corrected chi connectivity index (χ4v) is 1.61. The van der Waals surface area contributed by atoms with Crippen molar-refractivity contribution in [3.63, 3.8) is 0 Å². The first kappa shape index (κ1) is 11.3. The van der Waals surface area contributed by atoms with Crippen molar-refractivity contribution in [1.29, 1.82) is 0 Å². The van der Waals surface area contributed by atoms with Gasteiger partial charge in [-0.3, -0.25) is 0 Å². The van der Waals surface area contributed by atoms with Crippen molar-refractivity contribution in [3.05, 3.63) is 24.3 Å². The largest absolute Gasteiger partial charge is 0.494 e. The van der Waals surface area contributed by atoms with Crippen LogP contribution in [-0.2, 0) is 0 Å². The Morgan fingerprint density at radius 3 is 3.00 bits per heavy atom. The third kappa shape index (κ3) is 3.76. The number of nitrogens with one attached hydrogen (secondary N) is 1. The quantitative estimate of drug-likeness (QED) is 0.706. The Bertz CT molecular complexity index is 320. The van der Waals surface area contributed by atoms with Gasteiger partial charge in [-0.05, 0) is 37.3 Å². The molecule has 2 nitrogen and oxygen atoms in total. The van der Waals surface area contributed by atoms with Crippen LogP contribution in [0.15, 0.2) is 24.3 Å². The van der Waals surface area contributed by atoms with E-state index in [9.17, 15) is 0 Å². The molecule has 1 aliphatic rings. The van der Waals surface area contributed by atoms with Gasteiger partial charge in [-0.2, -0.15) is 0 Å². The minimum atomic E-state index is 0.822. The lowest BCUT2D eigenvalue weighted by molar-refractivity contribution is 0.309. The van der Waals surface area contributed by atoms with Gasteiger partial charge in [0, 0.05) is 18.3 Å². The second-order valence-electron chi connectivity index (χ2n) is 4.55. The van der Waals surface area contributed by atoms with E-state index in [1.807, 2.05) is 6.07 Å². The lowest BCUT2D eigenvalue weighted by Gasteiger charge is -2.09. The van der Waals surface area contributed by atoms with Gasteiger partial charge in [0.25, 0.3) is 0 Å². The molecule has 1 aliphatic carbocycles. The maximum atomic E-state index is 5.67. The van der Waals surface area contributed by atoms with Gasteiger partial charge in [-0.1, -0.05) is 19.4 Å².